The van der Waals surface area contributed by atoms with Gasteiger partial charge in [0.05, 0.1) is 11.5 Å². The Morgan fingerprint density at radius 1 is 1.16 bits per heavy atom. The van der Waals surface area contributed by atoms with Crippen LogP contribution in [0.2, 0.25) is 0 Å². The van der Waals surface area contributed by atoms with E-state index in [0.717, 1.165) is 30.4 Å². The third-order valence-electron chi connectivity index (χ3n) is 5.69. The number of hydrogen-bond acceptors (Lipinski definition) is 4. The highest BCUT2D eigenvalue weighted by atomic mass is 32.2. The second-order valence-corrected chi connectivity index (χ2v) is 9.70. The normalized spacial score (nSPS) is 15.3. The SMILES string of the molecule is COCCNS(=O)(=O)c1ccc(C)c(C(=O)N2CCC(Cc3ccc(F)cc3)CC2)c1. The van der Waals surface area contributed by atoms with Gasteiger partial charge in [-0.05, 0) is 67.5 Å². The summed E-state index contributed by atoms with van der Waals surface area (Å²) in [4.78, 5) is 15.0. The molecule has 31 heavy (non-hydrogen) atoms. The third kappa shape index (κ3) is 6.12. The van der Waals surface area contributed by atoms with Gasteiger partial charge in [-0.15, -0.1) is 0 Å². The molecule has 1 heterocycles. The van der Waals surface area contributed by atoms with Gasteiger partial charge in [0.2, 0.25) is 10.0 Å². The van der Waals surface area contributed by atoms with Crippen molar-refractivity contribution in [2.45, 2.75) is 31.1 Å². The maximum Gasteiger partial charge on any atom is 0.254 e. The lowest BCUT2D eigenvalue weighted by Gasteiger charge is -2.32. The molecule has 1 amide bonds. The Hall–Kier alpha value is -2.29. The number of nitrogens with one attached hydrogen (secondary N) is 1. The molecule has 0 aliphatic carbocycles. The van der Waals surface area contributed by atoms with Crippen LogP contribution in [0, 0.1) is 18.7 Å². The molecule has 0 unspecified atom stereocenters. The number of nitrogens with zero attached hydrogens (tertiary/aromatic N) is 1. The van der Waals surface area contributed by atoms with Gasteiger partial charge in [0, 0.05) is 32.3 Å². The number of methoxy groups -OCH3 is 1. The van der Waals surface area contributed by atoms with E-state index in [1.165, 1.54) is 31.4 Å². The number of benzene rings is 2. The standard InChI is InChI=1S/C23H29FN2O4S/c1-17-3-8-21(31(28,29)25-11-14-30-2)16-22(17)23(27)26-12-9-19(10-13-26)15-18-4-6-20(24)7-5-18/h3-8,16,19,25H,9-15H2,1-2H3. The van der Waals surface area contributed by atoms with Gasteiger partial charge in [-0.2, -0.15) is 0 Å². The second-order valence-electron chi connectivity index (χ2n) is 7.93. The van der Waals surface area contributed by atoms with E-state index in [9.17, 15) is 17.6 Å². The number of ether oxygens (including phenoxy) is 1. The smallest absolute Gasteiger partial charge is 0.254 e. The van der Waals surface area contributed by atoms with Crippen molar-refractivity contribution in [3.63, 3.8) is 0 Å². The maximum absolute atomic E-state index is 13.1. The molecule has 2 aromatic rings. The minimum atomic E-state index is -3.71. The Kier molecular flexibility index (Phi) is 7.80. The molecule has 168 valence electrons. The van der Waals surface area contributed by atoms with Gasteiger partial charge in [-0.25, -0.2) is 17.5 Å². The van der Waals surface area contributed by atoms with Crippen LogP contribution in [0.1, 0.15) is 34.3 Å². The first kappa shape index (κ1) is 23.4. The molecule has 1 saturated heterocycles. The number of amides is 1. The van der Waals surface area contributed by atoms with Crippen LogP contribution < -0.4 is 4.72 Å². The van der Waals surface area contributed by atoms with Gasteiger partial charge in [0.15, 0.2) is 0 Å². The summed E-state index contributed by atoms with van der Waals surface area (Å²) in [6, 6.07) is 11.2. The van der Waals surface area contributed by atoms with Gasteiger partial charge < -0.3 is 9.64 Å². The molecule has 0 bridgehead atoms. The van der Waals surface area contributed by atoms with E-state index in [4.69, 9.17) is 4.74 Å². The van der Waals surface area contributed by atoms with E-state index in [0.29, 0.717) is 24.6 Å². The van der Waals surface area contributed by atoms with Crippen LogP contribution in [0.25, 0.3) is 0 Å². The first-order valence-corrected chi connectivity index (χ1v) is 11.9. The monoisotopic (exact) mass is 448 g/mol. The number of halogens is 1. The average Bonchev–Trinajstić information content (AvgIpc) is 2.76. The quantitative estimate of drug-likeness (QED) is 0.630. The van der Waals surface area contributed by atoms with Gasteiger partial charge in [-0.1, -0.05) is 18.2 Å². The zero-order valence-electron chi connectivity index (χ0n) is 17.9. The fraction of sp³-hybridized carbons (Fsp3) is 0.435. The van der Waals surface area contributed by atoms with E-state index in [1.807, 2.05) is 19.1 Å². The van der Waals surface area contributed by atoms with Crippen molar-refractivity contribution in [1.82, 2.24) is 9.62 Å². The first-order chi connectivity index (χ1) is 14.8. The lowest BCUT2D eigenvalue weighted by atomic mass is 9.90. The zero-order valence-corrected chi connectivity index (χ0v) is 18.8. The number of likely N-dealkylation sites (tertiary alicyclic amines) is 1. The fourth-order valence-corrected chi connectivity index (χ4v) is 4.86. The van der Waals surface area contributed by atoms with Crippen molar-refractivity contribution < 1.29 is 22.3 Å². The van der Waals surface area contributed by atoms with Crippen LogP contribution in [-0.2, 0) is 21.2 Å². The van der Waals surface area contributed by atoms with Crippen LogP contribution in [0.15, 0.2) is 47.4 Å². The number of aryl methyl sites for hydroxylation is 1. The lowest BCUT2D eigenvalue weighted by Crippen LogP contribution is -2.39. The molecule has 3 rings (SSSR count). The Bertz CT molecular complexity index is 1000. The topological polar surface area (TPSA) is 75.7 Å². The zero-order chi connectivity index (χ0) is 22.4. The highest BCUT2D eigenvalue weighted by molar-refractivity contribution is 7.89. The maximum atomic E-state index is 13.1. The van der Waals surface area contributed by atoms with E-state index < -0.39 is 10.0 Å². The molecule has 6 nitrogen and oxygen atoms in total. The van der Waals surface area contributed by atoms with Crippen molar-refractivity contribution in [2.75, 3.05) is 33.4 Å². The van der Waals surface area contributed by atoms with Crippen molar-refractivity contribution >= 4 is 15.9 Å². The van der Waals surface area contributed by atoms with E-state index >= 15 is 0 Å². The van der Waals surface area contributed by atoms with Crippen LogP contribution in [0.5, 0.6) is 0 Å². The largest absolute Gasteiger partial charge is 0.383 e. The van der Waals surface area contributed by atoms with E-state index in [2.05, 4.69) is 4.72 Å². The molecule has 0 aromatic heterocycles. The molecule has 8 heteroatoms. The van der Waals surface area contributed by atoms with Gasteiger partial charge in [0.1, 0.15) is 5.82 Å². The van der Waals surface area contributed by atoms with Crippen LogP contribution in [0.4, 0.5) is 4.39 Å². The summed E-state index contributed by atoms with van der Waals surface area (Å²) in [7, 11) is -2.21. The molecule has 1 aliphatic rings. The van der Waals surface area contributed by atoms with E-state index in [1.54, 1.807) is 11.0 Å². The minimum Gasteiger partial charge on any atom is -0.383 e. The molecule has 0 saturated carbocycles. The number of carbonyl (C=O) groups excluding carboxylic acids is 1. The Balaban J connectivity index is 1.64. The van der Waals surface area contributed by atoms with Crippen molar-refractivity contribution in [2.24, 2.45) is 5.92 Å². The Labute approximate surface area is 183 Å². The van der Waals surface area contributed by atoms with E-state index in [-0.39, 0.29) is 29.8 Å². The lowest BCUT2D eigenvalue weighted by molar-refractivity contribution is 0.0689. The number of hydrogen-bond donors (Lipinski definition) is 1. The summed E-state index contributed by atoms with van der Waals surface area (Å²) in [6.07, 6.45) is 2.58. The third-order valence-corrected chi connectivity index (χ3v) is 7.15. The number of piperidine rings is 1. The molecule has 1 N–H and O–H groups in total. The van der Waals surface area contributed by atoms with Gasteiger partial charge in [0.25, 0.3) is 5.91 Å². The summed E-state index contributed by atoms with van der Waals surface area (Å²) in [5.41, 5.74) is 2.25. The second kappa shape index (κ2) is 10.3. The van der Waals surface area contributed by atoms with Crippen LogP contribution in [0.3, 0.4) is 0 Å². The van der Waals surface area contributed by atoms with Crippen molar-refractivity contribution in [1.29, 1.82) is 0 Å². The minimum absolute atomic E-state index is 0.0729. The predicted octanol–water partition coefficient (Wildman–Crippen LogP) is 3.15. The Morgan fingerprint density at radius 3 is 2.48 bits per heavy atom. The van der Waals surface area contributed by atoms with Crippen LogP contribution >= 0.6 is 0 Å². The van der Waals surface area contributed by atoms with Crippen molar-refractivity contribution in [3.05, 3.63) is 65.0 Å². The van der Waals surface area contributed by atoms with Gasteiger partial charge in [-0.3, -0.25) is 4.79 Å². The molecule has 1 aliphatic heterocycles. The molecule has 0 atom stereocenters. The van der Waals surface area contributed by atoms with Crippen LogP contribution in [-0.4, -0.2) is 52.6 Å². The summed E-state index contributed by atoms with van der Waals surface area (Å²) in [6.45, 7) is 3.48. The molecule has 0 spiro atoms. The molecule has 2 aromatic carbocycles. The molecular weight excluding hydrogens is 419 g/mol. The Morgan fingerprint density at radius 2 is 1.84 bits per heavy atom. The predicted molar refractivity (Wildman–Crippen MR) is 117 cm³/mol. The molecular formula is C23H29FN2O4S. The summed E-state index contributed by atoms with van der Waals surface area (Å²) >= 11 is 0. The highest BCUT2D eigenvalue weighted by Crippen LogP contribution is 2.24. The summed E-state index contributed by atoms with van der Waals surface area (Å²) < 4.78 is 45.4. The average molecular weight is 449 g/mol. The number of rotatable bonds is 8. The highest BCUT2D eigenvalue weighted by Gasteiger charge is 2.26. The van der Waals surface area contributed by atoms with Gasteiger partial charge >= 0.3 is 0 Å². The number of carbonyl (C=O) groups is 1. The fourth-order valence-electron chi connectivity index (χ4n) is 3.82. The summed E-state index contributed by atoms with van der Waals surface area (Å²) in [5, 5.41) is 0. The van der Waals surface area contributed by atoms with Crippen molar-refractivity contribution in [3.8, 4) is 0 Å². The number of sulfonamides is 1. The first-order valence-electron chi connectivity index (χ1n) is 10.4. The molecule has 1 fully saturated rings. The summed E-state index contributed by atoms with van der Waals surface area (Å²) in [5.74, 6) is 0.0525. The molecule has 0 radical (unpaired) electrons.